The van der Waals surface area contributed by atoms with Gasteiger partial charge in [-0.05, 0) is 53.9 Å². The van der Waals surface area contributed by atoms with Gasteiger partial charge < -0.3 is 10.1 Å². The van der Waals surface area contributed by atoms with E-state index in [0.717, 1.165) is 36.2 Å². The van der Waals surface area contributed by atoms with Gasteiger partial charge in [0.25, 0.3) is 0 Å². The number of piperidine rings is 1. The molecule has 6 heteroatoms. The largest absolute Gasteiger partial charge is 0.457 e. The highest BCUT2D eigenvalue weighted by molar-refractivity contribution is 5.90. The van der Waals surface area contributed by atoms with Crippen LogP contribution in [0.1, 0.15) is 33.8 Å². The molecule has 1 aliphatic heterocycles. The number of benzene rings is 3. The number of rotatable bonds is 4. The lowest BCUT2D eigenvalue weighted by atomic mass is 9.88. The zero-order chi connectivity index (χ0) is 21.8. The number of hydrogen-bond acceptors (Lipinski definition) is 3. The fourth-order valence-electron chi connectivity index (χ4n) is 3.89. The molecule has 0 aliphatic carbocycles. The highest BCUT2D eigenvalue weighted by Gasteiger charge is 2.31. The minimum absolute atomic E-state index is 0.137. The van der Waals surface area contributed by atoms with Crippen molar-refractivity contribution >= 4 is 5.97 Å². The number of alkyl halides is 3. The van der Waals surface area contributed by atoms with Gasteiger partial charge in [-0.1, -0.05) is 54.6 Å². The molecule has 0 amide bonds. The third-order valence-electron chi connectivity index (χ3n) is 5.58. The molecule has 4 rings (SSSR count). The van der Waals surface area contributed by atoms with Gasteiger partial charge in [0.15, 0.2) is 0 Å². The third kappa shape index (κ3) is 4.97. The summed E-state index contributed by atoms with van der Waals surface area (Å²) in [5, 5.41) is 3.28. The first kappa shape index (κ1) is 21.1. The Morgan fingerprint density at radius 3 is 2.10 bits per heavy atom. The zero-order valence-corrected chi connectivity index (χ0v) is 16.7. The molecule has 1 aliphatic rings. The molecule has 3 aromatic carbocycles. The van der Waals surface area contributed by atoms with Crippen LogP contribution in [-0.4, -0.2) is 25.2 Å². The molecule has 1 N–H and O–H groups in total. The number of carbonyl (C=O) groups excluding carboxylic acids is 1. The lowest BCUT2D eigenvalue weighted by Gasteiger charge is -2.32. The van der Waals surface area contributed by atoms with E-state index in [4.69, 9.17) is 4.74 Å². The molecule has 2 atom stereocenters. The first-order valence-electron chi connectivity index (χ1n) is 10.2. The van der Waals surface area contributed by atoms with E-state index in [9.17, 15) is 18.0 Å². The van der Waals surface area contributed by atoms with Gasteiger partial charge in [0.2, 0.25) is 0 Å². The first-order valence-corrected chi connectivity index (χ1v) is 10.2. The van der Waals surface area contributed by atoms with E-state index >= 15 is 0 Å². The second-order valence-corrected chi connectivity index (χ2v) is 7.61. The Morgan fingerprint density at radius 2 is 1.48 bits per heavy atom. The maximum Gasteiger partial charge on any atom is 0.416 e. The van der Waals surface area contributed by atoms with Crippen LogP contribution >= 0.6 is 0 Å². The van der Waals surface area contributed by atoms with Gasteiger partial charge in [-0.25, -0.2) is 4.79 Å². The Kier molecular flexibility index (Phi) is 6.09. The molecule has 0 saturated carbocycles. The SMILES string of the molecule is O=C(OC1CNCCC1c1ccccc1)c1ccc(-c2ccc(C(F)(F)F)cc2)cc1. The average Bonchev–Trinajstić information content (AvgIpc) is 2.80. The van der Waals surface area contributed by atoms with Crippen LogP contribution in [0.25, 0.3) is 11.1 Å². The zero-order valence-electron chi connectivity index (χ0n) is 16.7. The molecular formula is C25H22F3NO2. The normalized spacial score (nSPS) is 19.1. The van der Waals surface area contributed by atoms with Crippen molar-refractivity contribution in [2.75, 3.05) is 13.1 Å². The topological polar surface area (TPSA) is 38.3 Å². The van der Waals surface area contributed by atoms with Crippen molar-refractivity contribution < 1.29 is 22.7 Å². The van der Waals surface area contributed by atoms with Crippen molar-refractivity contribution in [2.24, 2.45) is 0 Å². The van der Waals surface area contributed by atoms with Crippen LogP contribution < -0.4 is 5.32 Å². The summed E-state index contributed by atoms with van der Waals surface area (Å²) in [4.78, 5) is 12.7. The van der Waals surface area contributed by atoms with Gasteiger partial charge >= 0.3 is 12.1 Å². The van der Waals surface area contributed by atoms with Gasteiger partial charge in [-0.3, -0.25) is 0 Å². The van der Waals surface area contributed by atoms with Crippen LogP contribution in [0.4, 0.5) is 13.2 Å². The highest BCUT2D eigenvalue weighted by atomic mass is 19.4. The minimum Gasteiger partial charge on any atom is -0.457 e. The smallest absolute Gasteiger partial charge is 0.416 e. The molecule has 1 heterocycles. The molecule has 3 nitrogen and oxygen atoms in total. The van der Waals surface area contributed by atoms with Crippen LogP contribution in [0.5, 0.6) is 0 Å². The van der Waals surface area contributed by atoms with E-state index in [1.54, 1.807) is 24.3 Å². The van der Waals surface area contributed by atoms with E-state index in [1.165, 1.54) is 12.1 Å². The van der Waals surface area contributed by atoms with Crippen LogP contribution in [0.3, 0.4) is 0 Å². The lowest BCUT2D eigenvalue weighted by molar-refractivity contribution is -0.137. The maximum atomic E-state index is 12.7. The average molecular weight is 425 g/mol. The van der Waals surface area contributed by atoms with Gasteiger partial charge in [0.05, 0.1) is 11.1 Å². The van der Waals surface area contributed by atoms with Crippen LogP contribution in [0.15, 0.2) is 78.9 Å². The Labute approximate surface area is 178 Å². The number of hydrogen-bond donors (Lipinski definition) is 1. The summed E-state index contributed by atoms with van der Waals surface area (Å²) < 4.78 is 44.0. The summed E-state index contributed by atoms with van der Waals surface area (Å²) in [6.07, 6.45) is -3.75. The molecule has 1 saturated heterocycles. The summed E-state index contributed by atoms with van der Waals surface area (Å²) in [6.45, 7) is 1.46. The van der Waals surface area contributed by atoms with Gasteiger partial charge in [-0.2, -0.15) is 13.2 Å². The molecule has 31 heavy (non-hydrogen) atoms. The van der Waals surface area contributed by atoms with E-state index in [2.05, 4.69) is 17.4 Å². The van der Waals surface area contributed by atoms with Crippen molar-refractivity contribution in [2.45, 2.75) is 24.6 Å². The molecule has 3 aromatic rings. The predicted molar refractivity (Wildman–Crippen MR) is 113 cm³/mol. The summed E-state index contributed by atoms with van der Waals surface area (Å²) in [5.74, 6) is -0.272. The van der Waals surface area contributed by atoms with Crippen molar-refractivity contribution in [1.29, 1.82) is 0 Å². The number of ether oxygens (including phenoxy) is 1. The van der Waals surface area contributed by atoms with Crippen molar-refractivity contribution in [3.63, 3.8) is 0 Å². The Bertz CT molecular complexity index is 1020. The predicted octanol–water partition coefficient (Wildman–Crippen LogP) is 5.67. The monoisotopic (exact) mass is 425 g/mol. The van der Waals surface area contributed by atoms with Crippen molar-refractivity contribution in [3.05, 3.63) is 95.6 Å². The fourth-order valence-corrected chi connectivity index (χ4v) is 3.89. The molecule has 0 radical (unpaired) electrons. The summed E-state index contributed by atoms with van der Waals surface area (Å²) in [6, 6.07) is 21.7. The quantitative estimate of drug-likeness (QED) is 0.547. The van der Waals surface area contributed by atoms with Crippen LogP contribution in [0, 0.1) is 0 Å². The fraction of sp³-hybridized carbons (Fsp3) is 0.240. The standard InChI is InChI=1S/C25H22F3NO2/c26-25(27,28)21-12-10-18(11-13-21)17-6-8-20(9-7-17)24(30)31-23-16-29-15-14-22(23)19-4-2-1-3-5-19/h1-13,22-23,29H,14-16H2. The number of esters is 1. The lowest BCUT2D eigenvalue weighted by Crippen LogP contribution is -2.42. The third-order valence-corrected chi connectivity index (χ3v) is 5.58. The Hall–Kier alpha value is -3.12. The second kappa shape index (κ2) is 8.94. The second-order valence-electron chi connectivity index (χ2n) is 7.61. The maximum absolute atomic E-state index is 12.7. The summed E-state index contributed by atoms with van der Waals surface area (Å²) in [7, 11) is 0. The van der Waals surface area contributed by atoms with Crippen molar-refractivity contribution in [1.82, 2.24) is 5.32 Å². The van der Waals surface area contributed by atoms with Crippen LogP contribution in [0.2, 0.25) is 0 Å². The van der Waals surface area contributed by atoms with E-state index in [-0.39, 0.29) is 12.0 Å². The van der Waals surface area contributed by atoms with Crippen molar-refractivity contribution in [3.8, 4) is 11.1 Å². The summed E-state index contributed by atoms with van der Waals surface area (Å²) in [5.41, 5.74) is 2.25. The van der Waals surface area contributed by atoms with E-state index in [0.29, 0.717) is 17.7 Å². The number of nitrogens with one attached hydrogen (secondary N) is 1. The molecule has 0 spiro atoms. The molecule has 0 aromatic heterocycles. The molecular weight excluding hydrogens is 403 g/mol. The van der Waals surface area contributed by atoms with Gasteiger partial charge in [0.1, 0.15) is 6.10 Å². The first-order chi connectivity index (χ1) is 14.9. The van der Waals surface area contributed by atoms with Crippen LogP contribution in [-0.2, 0) is 10.9 Å². The minimum atomic E-state index is -4.36. The van der Waals surface area contributed by atoms with Gasteiger partial charge in [0, 0.05) is 12.5 Å². The highest BCUT2D eigenvalue weighted by Crippen LogP contribution is 2.31. The van der Waals surface area contributed by atoms with E-state index < -0.39 is 17.7 Å². The Balaban J connectivity index is 1.45. The van der Waals surface area contributed by atoms with E-state index in [1.807, 2.05) is 18.2 Å². The number of carbonyl (C=O) groups is 1. The molecule has 1 fully saturated rings. The summed E-state index contributed by atoms with van der Waals surface area (Å²) >= 11 is 0. The number of halogens is 3. The van der Waals surface area contributed by atoms with Gasteiger partial charge in [-0.15, -0.1) is 0 Å². The molecule has 2 unspecified atom stereocenters. The molecule has 0 bridgehead atoms. The molecule has 160 valence electrons. The Morgan fingerprint density at radius 1 is 0.871 bits per heavy atom.